The predicted octanol–water partition coefficient (Wildman–Crippen LogP) is 1.84. The summed E-state index contributed by atoms with van der Waals surface area (Å²) in [7, 11) is 3.90. The second kappa shape index (κ2) is 7.56. The third kappa shape index (κ3) is 6.66. The molecule has 0 aromatic rings. The Kier molecular flexibility index (Phi) is 7.11. The fourth-order valence-corrected chi connectivity index (χ4v) is 0.879. The zero-order chi connectivity index (χ0) is 11.0. The Morgan fingerprint density at radius 3 is 2.57 bits per heavy atom. The van der Waals surface area contributed by atoms with Gasteiger partial charge in [0.1, 0.15) is 6.61 Å². The maximum Gasteiger partial charge on any atom is 0.333 e. The average Bonchev–Trinajstić information content (AvgIpc) is 2.13. The van der Waals surface area contributed by atoms with Crippen LogP contribution in [-0.4, -0.2) is 38.1 Å². The van der Waals surface area contributed by atoms with E-state index in [1.165, 1.54) is 0 Å². The number of nitrogens with zero attached hydrogens (tertiary/aromatic N) is 1. The summed E-state index contributed by atoms with van der Waals surface area (Å²) in [4.78, 5) is 13.3. The molecule has 0 amide bonds. The van der Waals surface area contributed by atoms with Gasteiger partial charge in [0.2, 0.25) is 0 Å². The Morgan fingerprint density at radius 1 is 1.43 bits per heavy atom. The molecule has 0 unspecified atom stereocenters. The highest BCUT2D eigenvalue weighted by molar-refractivity contribution is 5.87. The number of likely N-dealkylation sites (N-methyl/N-ethyl adjacent to an activating group) is 1. The summed E-state index contributed by atoms with van der Waals surface area (Å²) >= 11 is 0. The lowest BCUT2D eigenvalue weighted by Gasteiger charge is -2.09. The fourth-order valence-electron chi connectivity index (χ4n) is 0.879. The van der Waals surface area contributed by atoms with Gasteiger partial charge in [-0.3, -0.25) is 0 Å². The number of rotatable bonds is 6. The minimum atomic E-state index is -0.194. The van der Waals surface area contributed by atoms with Crippen LogP contribution in [0.3, 0.4) is 0 Å². The first-order valence-corrected chi connectivity index (χ1v) is 5.06. The highest BCUT2D eigenvalue weighted by atomic mass is 16.5. The van der Waals surface area contributed by atoms with E-state index in [1.807, 2.05) is 25.1 Å². The van der Waals surface area contributed by atoms with Crippen molar-refractivity contribution in [2.75, 3.05) is 27.2 Å². The second-order valence-electron chi connectivity index (χ2n) is 3.62. The minimum absolute atomic E-state index is 0.194. The molecule has 0 aromatic heterocycles. The lowest BCUT2D eigenvalue weighted by Crippen LogP contribution is -2.20. The second-order valence-corrected chi connectivity index (χ2v) is 3.62. The molecule has 0 spiro atoms. The number of carbonyl (C=O) groups excluding carboxylic acids is 1. The van der Waals surface area contributed by atoms with Gasteiger partial charge in [-0.1, -0.05) is 19.4 Å². The number of hydrogen-bond acceptors (Lipinski definition) is 3. The van der Waals surface area contributed by atoms with Crippen LogP contribution in [0.5, 0.6) is 0 Å². The van der Waals surface area contributed by atoms with Gasteiger partial charge in [-0.15, -0.1) is 0 Å². The topological polar surface area (TPSA) is 29.5 Å². The quantitative estimate of drug-likeness (QED) is 0.483. The van der Waals surface area contributed by atoms with Gasteiger partial charge in [-0.2, -0.15) is 0 Å². The first-order chi connectivity index (χ1) is 6.57. The van der Waals surface area contributed by atoms with E-state index in [4.69, 9.17) is 4.74 Å². The Balaban J connectivity index is 3.73. The van der Waals surface area contributed by atoms with Gasteiger partial charge in [0.15, 0.2) is 0 Å². The van der Waals surface area contributed by atoms with Crippen molar-refractivity contribution in [1.82, 2.24) is 4.90 Å². The Morgan fingerprint density at radius 2 is 2.07 bits per heavy atom. The lowest BCUT2D eigenvalue weighted by atomic mass is 10.2. The molecule has 0 aromatic carbocycles. The standard InChI is InChI=1S/C11H21NO2/c1-5-6-7-10(2)11(13)14-9-8-12(3)4/h7H,5-6,8-9H2,1-4H3. The zero-order valence-corrected chi connectivity index (χ0v) is 9.67. The monoisotopic (exact) mass is 199 g/mol. The number of unbranched alkanes of at least 4 members (excludes halogenated alkanes) is 1. The van der Waals surface area contributed by atoms with E-state index >= 15 is 0 Å². The van der Waals surface area contributed by atoms with Crippen molar-refractivity contribution in [3.8, 4) is 0 Å². The number of esters is 1. The van der Waals surface area contributed by atoms with Crippen LogP contribution < -0.4 is 0 Å². The van der Waals surface area contributed by atoms with Crippen LogP contribution in [0.15, 0.2) is 11.6 Å². The van der Waals surface area contributed by atoms with Gasteiger partial charge in [-0.05, 0) is 27.4 Å². The Hall–Kier alpha value is -0.830. The molecule has 0 radical (unpaired) electrons. The van der Waals surface area contributed by atoms with Crippen molar-refractivity contribution in [2.45, 2.75) is 26.7 Å². The van der Waals surface area contributed by atoms with Crippen molar-refractivity contribution in [3.63, 3.8) is 0 Å². The van der Waals surface area contributed by atoms with E-state index in [1.54, 1.807) is 6.92 Å². The van der Waals surface area contributed by atoms with Gasteiger partial charge >= 0.3 is 5.97 Å². The molecule has 3 nitrogen and oxygen atoms in total. The first-order valence-electron chi connectivity index (χ1n) is 5.06. The van der Waals surface area contributed by atoms with Crippen molar-refractivity contribution in [3.05, 3.63) is 11.6 Å². The molecule has 0 aliphatic rings. The van der Waals surface area contributed by atoms with Crippen molar-refractivity contribution in [1.29, 1.82) is 0 Å². The molecule has 0 aliphatic carbocycles. The molecule has 14 heavy (non-hydrogen) atoms. The number of hydrogen-bond donors (Lipinski definition) is 0. The summed E-state index contributed by atoms with van der Waals surface area (Å²) < 4.78 is 5.06. The summed E-state index contributed by atoms with van der Waals surface area (Å²) in [6.45, 7) is 5.12. The highest BCUT2D eigenvalue weighted by Gasteiger charge is 2.04. The van der Waals surface area contributed by atoms with E-state index in [-0.39, 0.29) is 5.97 Å². The van der Waals surface area contributed by atoms with Gasteiger partial charge in [0.25, 0.3) is 0 Å². The first kappa shape index (κ1) is 13.2. The van der Waals surface area contributed by atoms with E-state index in [9.17, 15) is 4.79 Å². The summed E-state index contributed by atoms with van der Waals surface area (Å²) in [5.41, 5.74) is 0.714. The Labute approximate surface area is 86.7 Å². The van der Waals surface area contributed by atoms with Crippen LogP contribution in [0.25, 0.3) is 0 Å². The molecule has 3 heteroatoms. The van der Waals surface area contributed by atoms with E-state index in [2.05, 4.69) is 6.92 Å². The molecule has 82 valence electrons. The fraction of sp³-hybridized carbons (Fsp3) is 0.727. The maximum atomic E-state index is 11.3. The molecule has 0 saturated heterocycles. The van der Waals surface area contributed by atoms with Gasteiger partial charge in [0, 0.05) is 12.1 Å². The summed E-state index contributed by atoms with van der Waals surface area (Å²) in [6.07, 6.45) is 3.93. The van der Waals surface area contributed by atoms with Gasteiger partial charge < -0.3 is 9.64 Å². The van der Waals surface area contributed by atoms with Crippen molar-refractivity contribution >= 4 is 5.97 Å². The number of allylic oxidation sites excluding steroid dienone is 1. The minimum Gasteiger partial charge on any atom is -0.461 e. The number of carbonyl (C=O) groups is 1. The molecule has 0 fully saturated rings. The molecular formula is C11H21NO2. The molecule has 0 rings (SSSR count). The third-order valence-electron chi connectivity index (χ3n) is 1.83. The van der Waals surface area contributed by atoms with Crippen LogP contribution in [0.1, 0.15) is 26.7 Å². The SMILES string of the molecule is CCCC=C(C)C(=O)OCCN(C)C. The molecule has 0 N–H and O–H groups in total. The smallest absolute Gasteiger partial charge is 0.333 e. The molecule has 0 heterocycles. The van der Waals surface area contributed by atoms with E-state index in [0.717, 1.165) is 19.4 Å². The molecule has 0 aliphatic heterocycles. The van der Waals surface area contributed by atoms with Crippen molar-refractivity contribution in [2.24, 2.45) is 0 Å². The van der Waals surface area contributed by atoms with Gasteiger partial charge in [0.05, 0.1) is 0 Å². The maximum absolute atomic E-state index is 11.3. The number of ether oxygens (including phenoxy) is 1. The van der Waals surface area contributed by atoms with E-state index < -0.39 is 0 Å². The highest BCUT2D eigenvalue weighted by Crippen LogP contribution is 2.00. The van der Waals surface area contributed by atoms with Gasteiger partial charge in [-0.25, -0.2) is 4.79 Å². The van der Waals surface area contributed by atoms with Crippen LogP contribution in [0.4, 0.5) is 0 Å². The summed E-state index contributed by atoms with van der Waals surface area (Å²) in [5.74, 6) is -0.194. The average molecular weight is 199 g/mol. The molecular weight excluding hydrogens is 178 g/mol. The molecule has 0 bridgehead atoms. The molecule has 0 saturated carbocycles. The van der Waals surface area contributed by atoms with Crippen LogP contribution in [0, 0.1) is 0 Å². The third-order valence-corrected chi connectivity index (χ3v) is 1.83. The lowest BCUT2D eigenvalue weighted by molar-refractivity contribution is -0.139. The van der Waals surface area contributed by atoms with Crippen molar-refractivity contribution < 1.29 is 9.53 Å². The van der Waals surface area contributed by atoms with Crippen LogP contribution in [0.2, 0.25) is 0 Å². The van der Waals surface area contributed by atoms with Crippen LogP contribution in [-0.2, 0) is 9.53 Å². The molecule has 0 atom stereocenters. The Bertz CT molecular complexity index is 197. The van der Waals surface area contributed by atoms with Crippen LogP contribution >= 0.6 is 0 Å². The predicted molar refractivity (Wildman–Crippen MR) is 58.2 cm³/mol. The zero-order valence-electron chi connectivity index (χ0n) is 9.67. The largest absolute Gasteiger partial charge is 0.461 e. The summed E-state index contributed by atoms with van der Waals surface area (Å²) in [5, 5.41) is 0. The van der Waals surface area contributed by atoms with E-state index in [0.29, 0.717) is 12.2 Å². The summed E-state index contributed by atoms with van der Waals surface area (Å²) in [6, 6.07) is 0. The normalized spacial score (nSPS) is 11.9.